The molecule has 0 saturated carbocycles. The van der Waals surface area contributed by atoms with Crippen LogP contribution in [0.25, 0.3) is 0 Å². The number of carboxylic acid groups (broad SMARTS) is 1. The third kappa shape index (κ3) is 7.99. The molecule has 6 nitrogen and oxygen atoms in total. The number of carboxylic acids is 1. The summed E-state index contributed by atoms with van der Waals surface area (Å²) in [5.74, 6) is -0.460. The van der Waals surface area contributed by atoms with E-state index in [0.29, 0.717) is 25.4 Å². The van der Waals surface area contributed by atoms with Crippen LogP contribution in [0.4, 0.5) is 4.79 Å². The molecule has 0 aliphatic heterocycles. The van der Waals surface area contributed by atoms with Gasteiger partial charge in [-0.2, -0.15) is 0 Å². The molecule has 2 amide bonds. The highest BCUT2D eigenvalue weighted by Gasteiger charge is 2.16. The van der Waals surface area contributed by atoms with Crippen LogP contribution >= 0.6 is 0 Å². The molecule has 3 N–H and O–H groups in total. The summed E-state index contributed by atoms with van der Waals surface area (Å²) in [7, 11) is 0. The molecule has 0 aromatic heterocycles. The smallest absolute Gasteiger partial charge is 0.317 e. The monoisotopic (exact) mass is 288 g/mol. The van der Waals surface area contributed by atoms with E-state index in [1.54, 1.807) is 4.90 Å². The second-order valence-corrected chi connectivity index (χ2v) is 5.24. The summed E-state index contributed by atoms with van der Waals surface area (Å²) in [4.78, 5) is 24.0. The number of aliphatic hydroxyl groups is 1. The van der Waals surface area contributed by atoms with Gasteiger partial charge < -0.3 is 20.4 Å². The van der Waals surface area contributed by atoms with Gasteiger partial charge in [-0.3, -0.25) is 4.79 Å². The molecule has 0 aliphatic carbocycles. The summed E-state index contributed by atoms with van der Waals surface area (Å²) in [6.07, 6.45) is 2.51. The van der Waals surface area contributed by atoms with Crippen molar-refractivity contribution in [2.24, 2.45) is 5.92 Å². The first kappa shape index (κ1) is 18.7. The van der Waals surface area contributed by atoms with Crippen molar-refractivity contribution in [2.45, 2.75) is 52.5 Å². The summed E-state index contributed by atoms with van der Waals surface area (Å²) < 4.78 is 0. The number of rotatable bonds is 10. The fourth-order valence-electron chi connectivity index (χ4n) is 2.07. The number of nitrogens with one attached hydrogen (secondary N) is 1. The summed E-state index contributed by atoms with van der Waals surface area (Å²) in [5, 5.41) is 20.4. The highest BCUT2D eigenvalue weighted by molar-refractivity contribution is 5.74. The number of urea groups is 1. The van der Waals surface area contributed by atoms with Gasteiger partial charge in [0.05, 0.1) is 6.61 Å². The van der Waals surface area contributed by atoms with Crippen LogP contribution in [0.3, 0.4) is 0 Å². The van der Waals surface area contributed by atoms with Gasteiger partial charge in [-0.05, 0) is 32.6 Å². The second kappa shape index (κ2) is 10.5. The normalized spacial score (nSPS) is 12.2. The minimum absolute atomic E-state index is 0.0381. The molecule has 0 heterocycles. The van der Waals surface area contributed by atoms with E-state index in [0.717, 1.165) is 12.8 Å². The Morgan fingerprint density at radius 1 is 1.25 bits per heavy atom. The molecule has 1 atom stereocenters. The highest BCUT2D eigenvalue weighted by Crippen LogP contribution is 2.14. The van der Waals surface area contributed by atoms with Crippen molar-refractivity contribution >= 4 is 12.0 Å². The standard InChI is InChI=1S/C14H28N2O4/c1-4-12(5-6-13(18)19)7-8-15-14(20)16(9-10-17)11(2)3/h11-12,17H,4-10H2,1-3H3,(H,15,20)(H,18,19). The summed E-state index contributed by atoms with van der Waals surface area (Å²) >= 11 is 0. The number of amides is 2. The van der Waals surface area contributed by atoms with Crippen LogP contribution in [-0.2, 0) is 4.79 Å². The maximum absolute atomic E-state index is 11.9. The van der Waals surface area contributed by atoms with Crippen LogP contribution < -0.4 is 5.32 Å². The minimum atomic E-state index is -0.776. The number of carbonyl (C=O) groups excluding carboxylic acids is 1. The van der Waals surface area contributed by atoms with Gasteiger partial charge >= 0.3 is 12.0 Å². The summed E-state index contributed by atoms with van der Waals surface area (Å²) in [5.41, 5.74) is 0. The minimum Gasteiger partial charge on any atom is -0.481 e. The molecule has 1 unspecified atom stereocenters. The molecule has 0 radical (unpaired) electrons. The Bertz CT molecular complexity index is 295. The van der Waals surface area contributed by atoms with Gasteiger partial charge in [-0.25, -0.2) is 4.79 Å². The van der Waals surface area contributed by atoms with Crippen molar-refractivity contribution in [3.8, 4) is 0 Å². The van der Waals surface area contributed by atoms with Gasteiger partial charge in [0.2, 0.25) is 0 Å². The zero-order valence-electron chi connectivity index (χ0n) is 12.8. The second-order valence-electron chi connectivity index (χ2n) is 5.24. The number of hydrogen-bond acceptors (Lipinski definition) is 3. The van der Waals surface area contributed by atoms with E-state index in [4.69, 9.17) is 10.2 Å². The van der Waals surface area contributed by atoms with Crippen LogP contribution in [0.2, 0.25) is 0 Å². The van der Waals surface area contributed by atoms with Crippen LogP contribution in [0, 0.1) is 5.92 Å². The molecule has 0 saturated heterocycles. The average molecular weight is 288 g/mol. The van der Waals surface area contributed by atoms with E-state index in [9.17, 15) is 9.59 Å². The van der Waals surface area contributed by atoms with E-state index in [1.165, 1.54) is 0 Å². The molecule has 0 rings (SSSR count). The van der Waals surface area contributed by atoms with Crippen LogP contribution in [0.1, 0.15) is 46.5 Å². The highest BCUT2D eigenvalue weighted by atomic mass is 16.4. The summed E-state index contributed by atoms with van der Waals surface area (Å²) in [6, 6.07) is -0.140. The topological polar surface area (TPSA) is 89.9 Å². The van der Waals surface area contributed by atoms with Crippen molar-refractivity contribution in [3.05, 3.63) is 0 Å². The fourth-order valence-corrected chi connectivity index (χ4v) is 2.07. The van der Waals surface area contributed by atoms with Crippen molar-refractivity contribution in [2.75, 3.05) is 19.7 Å². The molecular formula is C14H28N2O4. The van der Waals surface area contributed by atoms with E-state index in [-0.39, 0.29) is 25.1 Å². The van der Waals surface area contributed by atoms with Gasteiger partial charge in [0.1, 0.15) is 0 Å². The van der Waals surface area contributed by atoms with Crippen LogP contribution in [0.15, 0.2) is 0 Å². The van der Waals surface area contributed by atoms with E-state index >= 15 is 0 Å². The van der Waals surface area contributed by atoms with Gasteiger partial charge in [0.25, 0.3) is 0 Å². The van der Waals surface area contributed by atoms with Gasteiger partial charge in [0.15, 0.2) is 0 Å². The quantitative estimate of drug-likeness (QED) is 0.570. The van der Waals surface area contributed by atoms with Gasteiger partial charge in [-0.1, -0.05) is 13.3 Å². The largest absolute Gasteiger partial charge is 0.481 e. The number of carbonyl (C=O) groups is 2. The molecule has 20 heavy (non-hydrogen) atoms. The first-order chi connectivity index (χ1) is 9.42. The zero-order valence-corrected chi connectivity index (χ0v) is 12.8. The first-order valence-electron chi connectivity index (χ1n) is 7.29. The Morgan fingerprint density at radius 2 is 1.90 bits per heavy atom. The van der Waals surface area contributed by atoms with Crippen molar-refractivity contribution in [1.82, 2.24) is 10.2 Å². The molecule has 0 aliphatic rings. The first-order valence-corrected chi connectivity index (χ1v) is 7.29. The molecule has 6 heteroatoms. The van der Waals surface area contributed by atoms with Crippen molar-refractivity contribution < 1.29 is 19.8 Å². The number of hydrogen-bond donors (Lipinski definition) is 3. The zero-order chi connectivity index (χ0) is 15.5. The maximum atomic E-state index is 11.9. The molecule has 118 valence electrons. The lowest BCUT2D eigenvalue weighted by atomic mass is 9.97. The van der Waals surface area contributed by atoms with Crippen LogP contribution in [0.5, 0.6) is 0 Å². The predicted octanol–water partition coefficient (Wildman–Crippen LogP) is 1.68. The lowest BCUT2D eigenvalue weighted by Gasteiger charge is -2.26. The van der Waals surface area contributed by atoms with E-state index < -0.39 is 5.97 Å². The molecular weight excluding hydrogens is 260 g/mol. The lowest BCUT2D eigenvalue weighted by Crippen LogP contribution is -2.45. The van der Waals surface area contributed by atoms with Crippen LogP contribution in [-0.4, -0.2) is 52.9 Å². The predicted molar refractivity (Wildman–Crippen MR) is 77.6 cm³/mol. The molecule has 0 aromatic rings. The molecule has 0 aromatic carbocycles. The van der Waals surface area contributed by atoms with Crippen molar-refractivity contribution in [1.29, 1.82) is 0 Å². The number of nitrogens with zero attached hydrogens (tertiary/aromatic N) is 1. The fraction of sp³-hybridized carbons (Fsp3) is 0.857. The Kier molecular flexibility index (Phi) is 9.80. The van der Waals surface area contributed by atoms with E-state index in [2.05, 4.69) is 5.32 Å². The maximum Gasteiger partial charge on any atom is 0.317 e. The average Bonchev–Trinajstić information content (AvgIpc) is 2.38. The van der Waals surface area contributed by atoms with Crippen molar-refractivity contribution in [3.63, 3.8) is 0 Å². The van der Waals surface area contributed by atoms with Gasteiger partial charge in [-0.15, -0.1) is 0 Å². The lowest BCUT2D eigenvalue weighted by molar-refractivity contribution is -0.137. The molecule has 0 bridgehead atoms. The Hall–Kier alpha value is -1.30. The molecule has 0 fully saturated rings. The molecule has 0 spiro atoms. The number of aliphatic hydroxyl groups excluding tert-OH is 1. The number of aliphatic carboxylic acids is 1. The Morgan fingerprint density at radius 3 is 2.35 bits per heavy atom. The van der Waals surface area contributed by atoms with Gasteiger partial charge in [0, 0.05) is 25.6 Å². The van der Waals surface area contributed by atoms with E-state index in [1.807, 2.05) is 20.8 Å². The third-order valence-corrected chi connectivity index (χ3v) is 3.40. The Balaban J connectivity index is 4.06. The Labute approximate surface area is 121 Å². The SMILES string of the molecule is CCC(CCNC(=O)N(CCO)C(C)C)CCC(=O)O. The summed E-state index contributed by atoms with van der Waals surface area (Å²) in [6.45, 7) is 6.63. The third-order valence-electron chi connectivity index (χ3n) is 3.40.